The van der Waals surface area contributed by atoms with Crippen LogP contribution < -0.4 is 46.3 Å². The van der Waals surface area contributed by atoms with Crippen molar-refractivity contribution < 1.29 is 23.0 Å². The maximum atomic E-state index is 12.4. The zero-order chi connectivity index (χ0) is 49.1. The van der Waals surface area contributed by atoms with Crippen molar-refractivity contribution in [3.05, 3.63) is 114 Å². The van der Waals surface area contributed by atoms with Crippen molar-refractivity contribution in [2.24, 2.45) is 0 Å². The molecule has 368 valence electrons. The monoisotopic (exact) mass is 1000 g/mol. The maximum absolute atomic E-state index is 12.4. The molecule has 4 heterocycles. The molecular weight excluding hydrogens is 947 g/mol. The summed E-state index contributed by atoms with van der Waals surface area (Å²) < 4.78 is 26.7. The van der Waals surface area contributed by atoms with Gasteiger partial charge < -0.3 is 44.3 Å². The van der Waals surface area contributed by atoms with E-state index < -0.39 is 0 Å². The molecule has 0 saturated heterocycles. The van der Waals surface area contributed by atoms with E-state index in [1.165, 1.54) is 63.2 Å². The highest BCUT2D eigenvalue weighted by molar-refractivity contribution is 6.32. The molecule has 17 nitrogen and oxygen atoms in total. The fourth-order valence-corrected chi connectivity index (χ4v) is 8.39. The molecule has 0 amide bonds. The van der Waals surface area contributed by atoms with Crippen molar-refractivity contribution in [1.82, 2.24) is 29.9 Å². The number of methoxy groups -OCH3 is 2. The number of benzene rings is 2. The van der Waals surface area contributed by atoms with Gasteiger partial charge in [-0.25, -0.2) is 0 Å². The molecule has 20 heteroatoms. The van der Waals surface area contributed by atoms with Gasteiger partial charge in [-0.3, -0.25) is 9.59 Å². The molecule has 0 unspecified atom stereocenters. The van der Waals surface area contributed by atoms with Gasteiger partial charge in [0.25, 0.3) is 0 Å². The second kappa shape index (κ2) is 26.5. The molecule has 2 aliphatic carbocycles. The van der Waals surface area contributed by atoms with Crippen LogP contribution in [0.25, 0.3) is 0 Å². The van der Waals surface area contributed by atoms with Gasteiger partial charge >= 0.3 is 6.01 Å². The van der Waals surface area contributed by atoms with Crippen molar-refractivity contribution in [3.8, 4) is 23.3 Å². The van der Waals surface area contributed by atoms with Gasteiger partial charge in [0, 0.05) is 54.0 Å². The first-order valence-electron chi connectivity index (χ1n) is 23.2. The Morgan fingerprint density at radius 2 is 1.03 bits per heavy atom. The number of hydrogen-bond acceptors (Lipinski definition) is 17. The molecule has 0 atom stereocenters. The number of halogens is 3. The predicted octanol–water partition coefficient (Wildman–Crippen LogP) is 12.3. The van der Waals surface area contributed by atoms with Crippen molar-refractivity contribution >= 4 is 70.0 Å². The van der Waals surface area contributed by atoms with E-state index in [1.54, 1.807) is 51.5 Å². The number of rotatable bonds is 14. The molecular formula is C49H59Cl3N10O7. The summed E-state index contributed by atoms with van der Waals surface area (Å²) in [5, 5.41) is 14.1. The summed E-state index contributed by atoms with van der Waals surface area (Å²) in [6, 6.07) is 14.0. The van der Waals surface area contributed by atoms with Gasteiger partial charge in [-0.1, -0.05) is 88.4 Å². The highest BCUT2D eigenvalue weighted by Gasteiger charge is 2.19. The van der Waals surface area contributed by atoms with Gasteiger partial charge in [0.1, 0.15) is 23.0 Å². The molecule has 0 spiro atoms. The summed E-state index contributed by atoms with van der Waals surface area (Å²) in [5.74, 6) is 3.93. The first-order chi connectivity index (χ1) is 33.4. The molecule has 0 radical (unpaired) electrons. The Morgan fingerprint density at radius 1 is 0.580 bits per heavy atom. The second-order valence-electron chi connectivity index (χ2n) is 16.3. The number of aryl methyl sites for hydroxylation is 2. The molecule has 4 aromatic heterocycles. The Morgan fingerprint density at radius 3 is 1.51 bits per heavy atom. The van der Waals surface area contributed by atoms with Crippen LogP contribution in [0, 0.1) is 6.92 Å². The van der Waals surface area contributed by atoms with Crippen LogP contribution in [0.15, 0.2) is 79.5 Å². The maximum Gasteiger partial charge on any atom is 0.328 e. The van der Waals surface area contributed by atoms with E-state index in [2.05, 4.69) is 51.2 Å². The summed E-state index contributed by atoms with van der Waals surface area (Å²) in [6.07, 6.45) is 18.2. The van der Waals surface area contributed by atoms with Crippen LogP contribution in [0.3, 0.4) is 0 Å². The molecule has 2 aromatic carbocycles. The van der Waals surface area contributed by atoms with E-state index >= 15 is 0 Å². The molecule has 2 saturated carbocycles. The predicted molar refractivity (Wildman–Crippen MR) is 271 cm³/mol. The van der Waals surface area contributed by atoms with Gasteiger partial charge in [-0.2, -0.15) is 29.9 Å². The van der Waals surface area contributed by atoms with E-state index in [9.17, 15) is 9.59 Å². The SMILES string of the molecule is CCc1occc(=O)c1C.CCc1occc(=O)c1Oc1nc(Nc2ccc(OC)c(Cl)c2)nc(NC2CCCCCC2)n1.COc1ccc(Nc2nc(Cl)nc(NC3CCCCCC3)n2)cc1Cl. The Hall–Kier alpha value is -6.17. The molecule has 0 bridgehead atoms. The number of aromatic nitrogens is 6. The third kappa shape index (κ3) is 15.9. The number of anilines is 6. The van der Waals surface area contributed by atoms with E-state index in [1.807, 2.05) is 19.9 Å². The standard InChI is InChI=1S/C24H28ClN5O4.C17H21Cl2N5O.C8H10O2/c1-3-19-21(18(31)12-13-33-19)34-24-29-22(26-15-8-6-4-5-7-9-15)28-23(30-24)27-16-10-11-20(32-2)17(25)14-16;1-25-14-9-8-12(10-13(14)18)21-17-23-15(19)22-16(24-17)20-11-6-4-2-3-5-7-11;1-3-8-6(2)7(9)4-5-10-8/h10-15H,3-9H2,1-2H3,(H2,26,27,28,29,30);8-11H,2-7H2,1H3,(H2,20,21,22,23,24);4-5H,3H2,1-2H3. The van der Waals surface area contributed by atoms with Crippen molar-refractivity contribution in [3.63, 3.8) is 0 Å². The second-order valence-corrected chi connectivity index (χ2v) is 17.5. The van der Waals surface area contributed by atoms with Crippen molar-refractivity contribution in [2.45, 2.75) is 123 Å². The smallest absolute Gasteiger partial charge is 0.328 e. The zero-order valence-corrected chi connectivity index (χ0v) is 41.8. The highest BCUT2D eigenvalue weighted by atomic mass is 35.5. The topological polar surface area (TPSA) is 214 Å². The van der Waals surface area contributed by atoms with E-state index in [-0.39, 0.29) is 39.9 Å². The Kier molecular flexibility index (Phi) is 20.1. The van der Waals surface area contributed by atoms with Gasteiger partial charge in [-0.15, -0.1) is 0 Å². The molecule has 6 aromatic rings. The fourth-order valence-electron chi connectivity index (χ4n) is 7.72. The Balaban J connectivity index is 0.000000195. The lowest BCUT2D eigenvalue weighted by molar-refractivity contribution is 0.389. The quantitative estimate of drug-likeness (QED) is 0.0747. The first kappa shape index (κ1) is 52.2. The van der Waals surface area contributed by atoms with Gasteiger partial charge in [0.05, 0.1) is 36.8 Å². The lowest BCUT2D eigenvalue weighted by atomic mass is 10.1. The van der Waals surface area contributed by atoms with Crippen molar-refractivity contribution in [1.29, 1.82) is 0 Å². The molecule has 0 aliphatic heterocycles. The molecule has 4 N–H and O–H groups in total. The number of ether oxygens (including phenoxy) is 3. The molecule has 2 aliphatic rings. The van der Waals surface area contributed by atoms with Crippen LogP contribution in [0.1, 0.15) is 108 Å². The van der Waals surface area contributed by atoms with E-state index in [0.717, 1.165) is 62.0 Å². The third-order valence-corrected chi connectivity index (χ3v) is 12.1. The van der Waals surface area contributed by atoms with Crippen LogP contribution in [0.2, 0.25) is 15.3 Å². The number of nitrogens with one attached hydrogen (secondary N) is 4. The third-order valence-electron chi connectivity index (χ3n) is 11.4. The number of nitrogens with zero attached hydrogens (tertiary/aromatic N) is 6. The number of hydrogen-bond donors (Lipinski definition) is 4. The molecule has 2 fully saturated rings. The molecule has 8 rings (SSSR count). The summed E-state index contributed by atoms with van der Waals surface area (Å²) in [6.45, 7) is 5.62. The fraction of sp³-hybridized carbons (Fsp3) is 0.429. The lowest BCUT2D eigenvalue weighted by Crippen LogP contribution is -2.21. The zero-order valence-electron chi connectivity index (χ0n) is 39.5. The lowest BCUT2D eigenvalue weighted by Gasteiger charge is -2.17. The van der Waals surface area contributed by atoms with Crippen molar-refractivity contribution in [2.75, 3.05) is 35.5 Å². The average molecular weight is 1010 g/mol. The van der Waals surface area contributed by atoms with Crippen LogP contribution in [0.4, 0.5) is 35.2 Å². The van der Waals surface area contributed by atoms with E-state index in [4.69, 9.17) is 57.8 Å². The average Bonchev–Trinajstić information content (AvgIpc) is 3.76. The van der Waals surface area contributed by atoms with E-state index in [0.29, 0.717) is 63.3 Å². The summed E-state index contributed by atoms with van der Waals surface area (Å²) >= 11 is 18.5. The van der Waals surface area contributed by atoms with Crippen LogP contribution in [0.5, 0.6) is 23.3 Å². The normalized spacial score (nSPS) is 14.1. The minimum Gasteiger partial charge on any atom is -0.495 e. The van der Waals surface area contributed by atoms with Crippen LogP contribution in [-0.2, 0) is 12.8 Å². The van der Waals surface area contributed by atoms with Crippen LogP contribution in [-0.4, -0.2) is 56.2 Å². The van der Waals surface area contributed by atoms with Gasteiger partial charge in [-0.05, 0) is 80.6 Å². The summed E-state index contributed by atoms with van der Waals surface area (Å²) in [4.78, 5) is 49.4. The minimum absolute atomic E-state index is 0.0126. The van der Waals surface area contributed by atoms with Gasteiger partial charge in [0.2, 0.25) is 40.3 Å². The largest absolute Gasteiger partial charge is 0.495 e. The highest BCUT2D eigenvalue weighted by Crippen LogP contribution is 2.31. The Labute approximate surface area is 416 Å². The Bertz CT molecular complexity index is 2710. The molecule has 69 heavy (non-hydrogen) atoms. The van der Waals surface area contributed by atoms with Gasteiger partial charge in [0.15, 0.2) is 5.43 Å². The first-order valence-corrected chi connectivity index (χ1v) is 24.4. The summed E-state index contributed by atoms with van der Waals surface area (Å²) in [7, 11) is 3.13. The summed E-state index contributed by atoms with van der Waals surface area (Å²) in [5.41, 5.74) is 1.89. The minimum atomic E-state index is -0.307. The van der Waals surface area contributed by atoms with Crippen LogP contribution >= 0.6 is 34.8 Å².